The summed E-state index contributed by atoms with van der Waals surface area (Å²) >= 11 is 0. The molecule has 0 atom stereocenters. The fourth-order valence-corrected chi connectivity index (χ4v) is 8.28. The Hall–Kier alpha value is -4.30. The van der Waals surface area contributed by atoms with Crippen molar-refractivity contribution in [2.24, 2.45) is 0 Å². The zero-order valence-corrected chi connectivity index (χ0v) is 25.1. The maximum absolute atomic E-state index is 6.83. The van der Waals surface area contributed by atoms with E-state index in [0.29, 0.717) is 6.61 Å². The third-order valence-electron chi connectivity index (χ3n) is 10.4. The topological polar surface area (TPSA) is 18.5 Å². The van der Waals surface area contributed by atoms with Crippen molar-refractivity contribution in [3.63, 3.8) is 0 Å². The normalized spacial score (nSPS) is 18.5. The van der Waals surface area contributed by atoms with Gasteiger partial charge in [0.2, 0.25) is 0 Å². The lowest BCUT2D eigenvalue weighted by Gasteiger charge is -2.33. The molecule has 206 valence electrons. The maximum atomic E-state index is 6.83. The van der Waals surface area contributed by atoms with Crippen molar-refractivity contribution in [2.75, 3.05) is 0 Å². The monoisotopic (exact) mass is 546 g/mol. The molecule has 2 aliphatic carbocycles. The first-order valence-corrected chi connectivity index (χ1v) is 15.1. The van der Waals surface area contributed by atoms with Crippen LogP contribution in [0.4, 0.5) is 0 Å². The summed E-state index contributed by atoms with van der Waals surface area (Å²) in [5.41, 5.74) is 15.3. The molecule has 0 radical (unpaired) electrons. The van der Waals surface area contributed by atoms with E-state index in [0.717, 1.165) is 22.4 Å². The van der Waals surface area contributed by atoms with Gasteiger partial charge in [-0.15, -0.1) is 0 Å². The summed E-state index contributed by atoms with van der Waals surface area (Å²) in [6.45, 7) is 14.4. The van der Waals surface area contributed by atoms with Crippen LogP contribution in [0.15, 0.2) is 78.9 Å². The van der Waals surface area contributed by atoms with Crippen molar-refractivity contribution < 1.29 is 9.47 Å². The Morgan fingerprint density at radius 3 is 2.17 bits per heavy atom. The molecule has 0 amide bonds. The first kappa shape index (κ1) is 24.3. The second-order valence-corrected chi connectivity index (χ2v) is 14.1. The van der Waals surface area contributed by atoms with Gasteiger partial charge in [0.05, 0.1) is 0 Å². The lowest BCUT2D eigenvalue weighted by atomic mass is 9.77. The summed E-state index contributed by atoms with van der Waals surface area (Å²) in [5.74, 6) is 1.91. The van der Waals surface area contributed by atoms with Crippen LogP contribution in [0, 0.1) is 0 Å². The number of ether oxygens (including phenoxy) is 2. The Balaban J connectivity index is 1.42. The van der Waals surface area contributed by atoms with Crippen LogP contribution in [0.2, 0.25) is 0 Å². The van der Waals surface area contributed by atoms with E-state index in [-0.39, 0.29) is 16.4 Å². The summed E-state index contributed by atoms with van der Waals surface area (Å²) in [6, 6.07) is 27.2. The Morgan fingerprint density at radius 2 is 1.33 bits per heavy atom. The molecule has 0 aromatic heterocycles. The van der Waals surface area contributed by atoms with Crippen LogP contribution in [0.3, 0.4) is 0 Å². The standard InChI is InChI=1S/C40H34O2/c1-38(2)16-15-25-36-35(28-17-27-23-12-8-7-11-22(23)21-41-34(27)20-29(28)37(25)42-38)30-19-32-26(18-33(30)40(36,5)6)24-13-9-10-14-31(24)39(32,3)4/h7-20H,21H2,1-6H3. The molecular weight excluding hydrogens is 512 g/mol. The molecule has 9 rings (SSSR count). The van der Waals surface area contributed by atoms with Gasteiger partial charge in [0, 0.05) is 27.3 Å². The van der Waals surface area contributed by atoms with Crippen LogP contribution in [0.5, 0.6) is 11.5 Å². The van der Waals surface area contributed by atoms with E-state index < -0.39 is 0 Å². The molecule has 0 spiro atoms. The predicted octanol–water partition coefficient (Wildman–Crippen LogP) is 10.2. The van der Waals surface area contributed by atoms with E-state index in [4.69, 9.17) is 9.47 Å². The number of benzene rings is 5. The highest BCUT2D eigenvalue weighted by Gasteiger charge is 2.45. The molecule has 42 heavy (non-hydrogen) atoms. The second-order valence-electron chi connectivity index (χ2n) is 14.1. The minimum Gasteiger partial charge on any atom is -0.488 e. The van der Waals surface area contributed by atoms with E-state index in [1.807, 2.05) is 0 Å². The highest BCUT2D eigenvalue weighted by atomic mass is 16.5. The molecule has 2 aliphatic heterocycles. The van der Waals surface area contributed by atoms with Crippen LogP contribution < -0.4 is 9.47 Å². The molecule has 0 fully saturated rings. The largest absolute Gasteiger partial charge is 0.488 e. The van der Waals surface area contributed by atoms with Crippen molar-refractivity contribution in [2.45, 2.75) is 64.6 Å². The fraction of sp³-hybridized carbons (Fsp3) is 0.250. The van der Waals surface area contributed by atoms with Gasteiger partial charge in [-0.3, -0.25) is 0 Å². The molecule has 4 aliphatic rings. The highest BCUT2D eigenvalue weighted by Crippen LogP contribution is 2.61. The number of rotatable bonds is 0. The zero-order chi connectivity index (χ0) is 28.8. The minimum absolute atomic E-state index is 0.0587. The van der Waals surface area contributed by atoms with E-state index in [1.165, 1.54) is 66.6 Å². The van der Waals surface area contributed by atoms with Crippen molar-refractivity contribution in [1.29, 1.82) is 0 Å². The Labute approximate surface area is 247 Å². The van der Waals surface area contributed by atoms with Gasteiger partial charge in [-0.2, -0.15) is 0 Å². The predicted molar refractivity (Wildman–Crippen MR) is 173 cm³/mol. The summed E-state index contributed by atoms with van der Waals surface area (Å²) < 4.78 is 13.2. The second kappa shape index (κ2) is 7.55. The molecule has 0 N–H and O–H groups in total. The third kappa shape index (κ3) is 2.90. The van der Waals surface area contributed by atoms with Crippen molar-refractivity contribution in [3.05, 3.63) is 112 Å². The first-order valence-electron chi connectivity index (χ1n) is 15.1. The van der Waals surface area contributed by atoms with Gasteiger partial charge < -0.3 is 9.47 Å². The van der Waals surface area contributed by atoms with Crippen LogP contribution in [0.25, 0.3) is 50.2 Å². The number of hydrogen-bond donors (Lipinski definition) is 0. The number of hydrogen-bond acceptors (Lipinski definition) is 2. The minimum atomic E-state index is -0.387. The van der Waals surface area contributed by atoms with Crippen molar-refractivity contribution in [3.8, 4) is 44.9 Å². The Kier molecular flexibility index (Phi) is 4.37. The van der Waals surface area contributed by atoms with Crippen LogP contribution in [-0.2, 0) is 17.4 Å². The maximum Gasteiger partial charge on any atom is 0.136 e. The molecule has 2 heterocycles. The molecular formula is C40H34O2. The van der Waals surface area contributed by atoms with Gasteiger partial charge >= 0.3 is 0 Å². The molecule has 0 saturated carbocycles. The molecule has 2 heteroatoms. The van der Waals surface area contributed by atoms with Gasteiger partial charge in [0.15, 0.2) is 0 Å². The lowest BCUT2D eigenvalue weighted by Crippen LogP contribution is -2.29. The smallest absolute Gasteiger partial charge is 0.136 e. The van der Waals surface area contributed by atoms with Crippen LogP contribution in [0.1, 0.15) is 74.9 Å². The van der Waals surface area contributed by atoms with Gasteiger partial charge in [-0.05, 0) is 105 Å². The van der Waals surface area contributed by atoms with Crippen LogP contribution >= 0.6 is 0 Å². The van der Waals surface area contributed by atoms with Crippen molar-refractivity contribution in [1.82, 2.24) is 0 Å². The SMILES string of the molecule is CC1(C)C=Cc2c3c(c4cc5c(cc4c2O1)OCc1ccccc1-5)-c1cc2c(cc1C3(C)C)-c1ccccc1C2(C)C. The van der Waals surface area contributed by atoms with Gasteiger partial charge in [-0.25, -0.2) is 0 Å². The summed E-state index contributed by atoms with van der Waals surface area (Å²) in [6.07, 6.45) is 4.53. The van der Waals surface area contributed by atoms with E-state index in [2.05, 4.69) is 126 Å². The summed E-state index contributed by atoms with van der Waals surface area (Å²) in [7, 11) is 0. The summed E-state index contributed by atoms with van der Waals surface area (Å²) in [5, 5.41) is 2.37. The lowest BCUT2D eigenvalue weighted by molar-refractivity contribution is 0.161. The Morgan fingerprint density at radius 1 is 0.619 bits per heavy atom. The molecule has 0 unspecified atom stereocenters. The zero-order valence-electron chi connectivity index (χ0n) is 25.1. The Bertz CT molecular complexity index is 2090. The van der Waals surface area contributed by atoms with E-state index >= 15 is 0 Å². The van der Waals surface area contributed by atoms with E-state index in [1.54, 1.807) is 0 Å². The van der Waals surface area contributed by atoms with Crippen LogP contribution in [-0.4, -0.2) is 5.60 Å². The van der Waals surface area contributed by atoms with Gasteiger partial charge in [0.25, 0.3) is 0 Å². The molecule has 5 aromatic rings. The average molecular weight is 547 g/mol. The fourth-order valence-electron chi connectivity index (χ4n) is 8.28. The average Bonchev–Trinajstić information content (AvgIpc) is 3.34. The van der Waals surface area contributed by atoms with E-state index in [9.17, 15) is 0 Å². The van der Waals surface area contributed by atoms with Gasteiger partial charge in [0.1, 0.15) is 23.7 Å². The molecule has 0 saturated heterocycles. The molecule has 0 bridgehead atoms. The molecule has 5 aromatic carbocycles. The summed E-state index contributed by atoms with van der Waals surface area (Å²) in [4.78, 5) is 0. The van der Waals surface area contributed by atoms with Crippen molar-refractivity contribution >= 4 is 16.8 Å². The van der Waals surface area contributed by atoms with Gasteiger partial charge in [-0.1, -0.05) is 82.3 Å². The highest BCUT2D eigenvalue weighted by molar-refractivity contribution is 6.11. The third-order valence-corrected chi connectivity index (χ3v) is 10.4. The molecule has 2 nitrogen and oxygen atoms in total. The number of fused-ring (bicyclic) bond motifs is 14. The quantitative estimate of drug-likeness (QED) is 0.192. The first-order chi connectivity index (χ1) is 20.1.